The van der Waals surface area contributed by atoms with Crippen LogP contribution < -0.4 is 5.32 Å². The van der Waals surface area contributed by atoms with E-state index in [1.165, 1.54) is 0 Å². The van der Waals surface area contributed by atoms with Gasteiger partial charge in [-0.2, -0.15) is 0 Å². The Balaban J connectivity index is 1.99. The Kier molecular flexibility index (Phi) is 4.63. The van der Waals surface area contributed by atoms with Crippen LogP contribution in [0.3, 0.4) is 0 Å². The number of hydrogen-bond acceptors (Lipinski definition) is 5. The van der Waals surface area contributed by atoms with Crippen LogP contribution in [-0.4, -0.2) is 21.7 Å². The summed E-state index contributed by atoms with van der Waals surface area (Å²) in [6.07, 6.45) is 1.62. The van der Waals surface area contributed by atoms with Crippen LogP contribution >= 0.6 is 22.9 Å². The number of nitrogens with zero attached hydrogens (tertiary/aromatic N) is 3. The summed E-state index contributed by atoms with van der Waals surface area (Å²) < 4.78 is 0. The Hall–Kier alpha value is -1.04. The van der Waals surface area contributed by atoms with Gasteiger partial charge in [-0.25, -0.2) is 0 Å². The maximum absolute atomic E-state index is 5.80. The third-order valence-corrected chi connectivity index (χ3v) is 3.41. The van der Waals surface area contributed by atoms with Crippen molar-refractivity contribution < 1.29 is 0 Å². The van der Waals surface area contributed by atoms with Crippen LogP contribution in [0.2, 0.25) is 5.02 Å². The summed E-state index contributed by atoms with van der Waals surface area (Å²) in [6, 6.07) is 3.66. The minimum absolute atomic E-state index is 0.627. The zero-order valence-electron chi connectivity index (χ0n) is 10.4. The fraction of sp³-hybridized carbons (Fsp3) is 0.417. The van der Waals surface area contributed by atoms with E-state index in [4.69, 9.17) is 11.6 Å². The number of nitrogens with one attached hydrogen (secondary N) is 1. The van der Waals surface area contributed by atoms with Crippen LogP contribution in [-0.2, 0) is 6.54 Å². The van der Waals surface area contributed by atoms with Gasteiger partial charge >= 0.3 is 0 Å². The van der Waals surface area contributed by atoms with Gasteiger partial charge in [0.05, 0.1) is 5.02 Å². The molecule has 0 atom stereocenters. The normalized spacial score (nSPS) is 11.1. The van der Waals surface area contributed by atoms with E-state index in [0.717, 1.165) is 28.8 Å². The minimum atomic E-state index is 0.627. The standard InChI is InChI=1S/C12H15ClN4S/c1-8(2)5-14-7-11-16-17-12(18-11)10-4-3-9(13)6-15-10/h3-4,6,8,14H,5,7H2,1-2H3. The van der Waals surface area contributed by atoms with Gasteiger partial charge < -0.3 is 5.32 Å². The molecule has 2 heterocycles. The largest absolute Gasteiger partial charge is 0.310 e. The molecule has 6 heteroatoms. The van der Waals surface area contributed by atoms with Crippen molar-refractivity contribution in [3.05, 3.63) is 28.4 Å². The molecule has 2 rings (SSSR count). The third kappa shape index (κ3) is 3.73. The molecule has 0 fully saturated rings. The van der Waals surface area contributed by atoms with Gasteiger partial charge in [-0.1, -0.05) is 36.8 Å². The van der Waals surface area contributed by atoms with Crippen LogP contribution in [0.4, 0.5) is 0 Å². The molecule has 0 unspecified atom stereocenters. The Morgan fingerprint density at radius 3 is 2.83 bits per heavy atom. The summed E-state index contributed by atoms with van der Waals surface area (Å²) in [7, 11) is 0. The smallest absolute Gasteiger partial charge is 0.166 e. The average molecular weight is 283 g/mol. The Morgan fingerprint density at radius 1 is 1.33 bits per heavy atom. The first-order chi connectivity index (χ1) is 8.65. The van der Waals surface area contributed by atoms with Crippen molar-refractivity contribution >= 4 is 22.9 Å². The summed E-state index contributed by atoms with van der Waals surface area (Å²) in [4.78, 5) is 4.23. The van der Waals surface area contributed by atoms with Crippen molar-refractivity contribution in [2.45, 2.75) is 20.4 Å². The molecule has 0 spiro atoms. The first kappa shape index (κ1) is 13.4. The van der Waals surface area contributed by atoms with E-state index in [-0.39, 0.29) is 0 Å². The number of hydrogen-bond donors (Lipinski definition) is 1. The van der Waals surface area contributed by atoms with Gasteiger partial charge in [-0.3, -0.25) is 4.98 Å². The molecule has 96 valence electrons. The molecule has 0 amide bonds. The second kappa shape index (κ2) is 6.22. The molecule has 0 saturated carbocycles. The summed E-state index contributed by atoms with van der Waals surface area (Å²) in [5.74, 6) is 0.635. The highest BCUT2D eigenvalue weighted by Gasteiger charge is 2.07. The van der Waals surface area contributed by atoms with E-state index in [0.29, 0.717) is 10.9 Å². The van der Waals surface area contributed by atoms with Crippen molar-refractivity contribution in [1.82, 2.24) is 20.5 Å². The van der Waals surface area contributed by atoms with Gasteiger partial charge in [-0.05, 0) is 24.6 Å². The lowest BCUT2D eigenvalue weighted by molar-refractivity contribution is 0.550. The molecule has 1 N–H and O–H groups in total. The van der Waals surface area contributed by atoms with E-state index < -0.39 is 0 Å². The highest BCUT2D eigenvalue weighted by Crippen LogP contribution is 2.22. The second-order valence-corrected chi connectivity index (χ2v) is 5.89. The molecule has 0 aliphatic carbocycles. The van der Waals surface area contributed by atoms with E-state index in [1.54, 1.807) is 17.5 Å². The summed E-state index contributed by atoms with van der Waals surface area (Å²) >= 11 is 7.35. The summed E-state index contributed by atoms with van der Waals surface area (Å²) in [5.41, 5.74) is 0.812. The van der Waals surface area contributed by atoms with Crippen LogP contribution in [0.1, 0.15) is 18.9 Å². The molecule has 0 radical (unpaired) electrons. The molecule has 18 heavy (non-hydrogen) atoms. The maximum atomic E-state index is 5.80. The molecule has 0 saturated heterocycles. The zero-order valence-corrected chi connectivity index (χ0v) is 11.9. The Bertz CT molecular complexity index is 495. The van der Waals surface area contributed by atoms with Gasteiger partial charge in [0.1, 0.15) is 10.7 Å². The van der Waals surface area contributed by atoms with Crippen LogP contribution in [0.25, 0.3) is 10.7 Å². The van der Waals surface area contributed by atoms with Gasteiger partial charge in [0.2, 0.25) is 0 Å². The summed E-state index contributed by atoms with van der Waals surface area (Å²) in [6.45, 7) is 6.09. The first-order valence-electron chi connectivity index (χ1n) is 5.80. The van der Waals surface area contributed by atoms with Crippen LogP contribution in [0.15, 0.2) is 18.3 Å². The predicted molar refractivity (Wildman–Crippen MR) is 74.7 cm³/mol. The second-order valence-electron chi connectivity index (χ2n) is 4.39. The highest BCUT2D eigenvalue weighted by molar-refractivity contribution is 7.14. The summed E-state index contributed by atoms with van der Waals surface area (Å²) in [5, 5.41) is 14.1. The van der Waals surface area contributed by atoms with Gasteiger partial charge in [-0.15, -0.1) is 10.2 Å². The van der Waals surface area contributed by atoms with E-state index >= 15 is 0 Å². The molecule has 0 aliphatic rings. The molecular weight excluding hydrogens is 268 g/mol. The van der Waals surface area contributed by atoms with E-state index in [1.807, 2.05) is 12.1 Å². The third-order valence-electron chi connectivity index (χ3n) is 2.24. The van der Waals surface area contributed by atoms with Gasteiger partial charge in [0, 0.05) is 12.7 Å². The lowest BCUT2D eigenvalue weighted by Crippen LogP contribution is -2.18. The number of halogens is 1. The van der Waals surface area contributed by atoms with Gasteiger partial charge in [0.15, 0.2) is 5.01 Å². The minimum Gasteiger partial charge on any atom is -0.310 e. The topological polar surface area (TPSA) is 50.7 Å². The Labute approximate surface area is 115 Å². The number of rotatable bonds is 5. The molecule has 2 aromatic rings. The number of aromatic nitrogens is 3. The SMILES string of the molecule is CC(C)CNCc1nnc(-c2ccc(Cl)cn2)s1. The van der Waals surface area contributed by atoms with Crippen molar-refractivity contribution in [2.24, 2.45) is 5.92 Å². The monoisotopic (exact) mass is 282 g/mol. The van der Waals surface area contributed by atoms with Crippen molar-refractivity contribution in [3.8, 4) is 10.7 Å². The fourth-order valence-corrected chi connectivity index (χ4v) is 2.30. The van der Waals surface area contributed by atoms with Crippen molar-refractivity contribution in [1.29, 1.82) is 0 Å². The molecule has 2 aromatic heterocycles. The lowest BCUT2D eigenvalue weighted by Gasteiger charge is -2.03. The average Bonchev–Trinajstić information content (AvgIpc) is 2.78. The zero-order chi connectivity index (χ0) is 13.0. The fourth-order valence-electron chi connectivity index (χ4n) is 1.40. The van der Waals surface area contributed by atoms with Crippen molar-refractivity contribution in [3.63, 3.8) is 0 Å². The first-order valence-corrected chi connectivity index (χ1v) is 6.99. The van der Waals surface area contributed by atoms with Crippen molar-refractivity contribution in [2.75, 3.05) is 6.54 Å². The molecule has 4 nitrogen and oxygen atoms in total. The van der Waals surface area contributed by atoms with Gasteiger partial charge in [0.25, 0.3) is 0 Å². The molecule has 0 aliphatic heterocycles. The van der Waals surface area contributed by atoms with E-state index in [9.17, 15) is 0 Å². The quantitative estimate of drug-likeness (QED) is 0.916. The number of pyridine rings is 1. The Morgan fingerprint density at radius 2 is 2.17 bits per heavy atom. The molecular formula is C12H15ClN4S. The van der Waals surface area contributed by atoms with Crippen LogP contribution in [0, 0.1) is 5.92 Å². The van der Waals surface area contributed by atoms with E-state index in [2.05, 4.69) is 34.3 Å². The molecule has 0 bridgehead atoms. The molecule has 0 aromatic carbocycles. The highest BCUT2D eigenvalue weighted by atomic mass is 35.5. The predicted octanol–water partition coefficient (Wildman–Crippen LogP) is 3.00. The van der Waals surface area contributed by atoms with Crippen LogP contribution in [0.5, 0.6) is 0 Å². The maximum Gasteiger partial charge on any atom is 0.166 e. The lowest BCUT2D eigenvalue weighted by atomic mass is 10.2.